The summed E-state index contributed by atoms with van der Waals surface area (Å²) in [7, 11) is 1.59. The van der Waals surface area contributed by atoms with Crippen molar-refractivity contribution in [1.29, 1.82) is 0 Å². The van der Waals surface area contributed by atoms with Crippen LogP contribution in [0.2, 0.25) is 0 Å². The minimum Gasteiger partial charge on any atom is -0.397 e. The second kappa shape index (κ2) is 5.95. The number of halogens is 1. The third-order valence-electron chi connectivity index (χ3n) is 1.96. The van der Waals surface area contributed by atoms with Crippen LogP contribution in [0.5, 0.6) is 0 Å². The van der Waals surface area contributed by atoms with Crippen LogP contribution in [-0.4, -0.2) is 31.5 Å². The predicted octanol–water partition coefficient (Wildman–Crippen LogP) is 1.45. The molecule has 0 aliphatic heterocycles. The zero-order chi connectivity index (χ0) is 11.3. The number of benzene rings is 1. The van der Waals surface area contributed by atoms with Crippen LogP contribution >= 0.6 is 15.9 Å². The molecule has 1 rings (SSSR count). The van der Waals surface area contributed by atoms with Crippen LogP contribution < -0.4 is 11.1 Å². The van der Waals surface area contributed by atoms with E-state index in [1.54, 1.807) is 7.11 Å². The van der Waals surface area contributed by atoms with Crippen molar-refractivity contribution in [1.82, 2.24) is 0 Å². The van der Waals surface area contributed by atoms with Gasteiger partial charge in [0, 0.05) is 11.6 Å². The van der Waals surface area contributed by atoms with Crippen LogP contribution in [0.25, 0.3) is 0 Å². The number of hydrogen-bond donors (Lipinski definition) is 3. The van der Waals surface area contributed by atoms with E-state index >= 15 is 0 Å². The van der Waals surface area contributed by atoms with Gasteiger partial charge < -0.3 is 20.9 Å². The average Bonchev–Trinajstić information content (AvgIpc) is 2.21. The smallest absolute Gasteiger partial charge is 0.0726 e. The van der Waals surface area contributed by atoms with Gasteiger partial charge in [-0.1, -0.05) is 15.9 Å². The molecule has 0 saturated carbocycles. The molecule has 0 aliphatic rings. The van der Waals surface area contributed by atoms with E-state index < -0.39 is 0 Å². The maximum atomic E-state index is 9.07. The Hall–Kier alpha value is -0.780. The van der Waals surface area contributed by atoms with Crippen molar-refractivity contribution in [3.05, 3.63) is 22.7 Å². The summed E-state index contributed by atoms with van der Waals surface area (Å²) >= 11 is 3.33. The maximum absolute atomic E-state index is 9.07. The Morgan fingerprint density at radius 3 is 2.87 bits per heavy atom. The molecule has 0 fully saturated rings. The van der Waals surface area contributed by atoms with E-state index in [1.807, 2.05) is 18.2 Å². The topological polar surface area (TPSA) is 67.5 Å². The van der Waals surface area contributed by atoms with E-state index in [9.17, 15) is 0 Å². The number of rotatable bonds is 5. The van der Waals surface area contributed by atoms with Crippen LogP contribution in [-0.2, 0) is 4.74 Å². The molecule has 0 aliphatic carbocycles. The lowest BCUT2D eigenvalue weighted by atomic mass is 10.2. The molecular formula is C10H15BrN2O2. The molecule has 1 unspecified atom stereocenters. The van der Waals surface area contributed by atoms with Crippen molar-refractivity contribution in [2.24, 2.45) is 0 Å². The average molecular weight is 275 g/mol. The van der Waals surface area contributed by atoms with E-state index in [-0.39, 0.29) is 12.6 Å². The first kappa shape index (κ1) is 12.3. The summed E-state index contributed by atoms with van der Waals surface area (Å²) < 4.78 is 5.89. The molecule has 4 nitrogen and oxygen atoms in total. The fraction of sp³-hybridized carbons (Fsp3) is 0.400. The largest absolute Gasteiger partial charge is 0.397 e. The molecule has 0 heterocycles. The van der Waals surface area contributed by atoms with Crippen LogP contribution in [0.4, 0.5) is 11.4 Å². The number of aliphatic hydroxyl groups excluding tert-OH is 1. The summed E-state index contributed by atoms with van der Waals surface area (Å²) in [6.07, 6.45) is 0. The van der Waals surface area contributed by atoms with Gasteiger partial charge in [0.1, 0.15) is 0 Å². The van der Waals surface area contributed by atoms with Crippen molar-refractivity contribution in [2.75, 3.05) is 31.4 Å². The normalized spacial score (nSPS) is 12.5. The summed E-state index contributed by atoms with van der Waals surface area (Å²) in [6, 6.07) is 5.42. The Morgan fingerprint density at radius 2 is 2.33 bits per heavy atom. The maximum Gasteiger partial charge on any atom is 0.0726 e. The monoisotopic (exact) mass is 274 g/mol. The van der Waals surface area contributed by atoms with Crippen molar-refractivity contribution < 1.29 is 9.84 Å². The van der Waals surface area contributed by atoms with Gasteiger partial charge in [-0.15, -0.1) is 0 Å². The third-order valence-corrected chi connectivity index (χ3v) is 2.45. The quantitative estimate of drug-likeness (QED) is 0.711. The van der Waals surface area contributed by atoms with Crippen molar-refractivity contribution >= 4 is 27.3 Å². The highest BCUT2D eigenvalue weighted by Crippen LogP contribution is 2.23. The second-order valence-electron chi connectivity index (χ2n) is 3.21. The first-order valence-electron chi connectivity index (χ1n) is 4.58. The molecule has 0 bridgehead atoms. The fourth-order valence-electron chi connectivity index (χ4n) is 1.23. The number of anilines is 2. The van der Waals surface area contributed by atoms with Crippen molar-refractivity contribution in [3.63, 3.8) is 0 Å². The highest BCUT2D eigenvalue weighted by atomic mass is 79.9. The molecule has 5 heteroatoms. The minimum atomic E-state index is -0.140. The van der Waals surface area contributed by atoms with E-state index in [2.05, 4.69) is 21.2 Å². The predicted molar refractivity (Wildman–Crippen MR) is 64.9 cm³/mol. The van der Waals surface area contributed by atoms with Gasteiger partial charge in [0.2, 0.25) is 0 Å². The summed E-state index contributed by atoms with van der Waals surface area (Å²) in [4.78, 5) is 0. The van der Waals surface area contributed by atoms with Gasteiger partial charge in [0.25, 0.3) is 0 Å². The lowest BCUT2D eigenvalue weighted by molar-refractivity contribution is 0.153. The molecule has 4 N–H and O–H groups in total. The third kappa shape index (κ3) is 3.70. The second-order valence-corrected chi connectivity index (χ2v) is 4.13. The SMILES string of the molecule is COCC(CO)Nc1ccc(Br)cc1N. The Bertz CT molecular complexity index is 320. The van der Waals surface area contributed by atoms with E-state index in [0.29, 0.717) is 12.3 Å². The number of ether oxygens (including phenoxy) is 1. The van der Waals surface area contributed by atoms with Gasteiger partial charge in [-0.2, -0.15) is 0 Å². The Kier molecular flexibility index (Phi) is 4.87. The minimum absolute atomic E-state index is 0.00332. The van der Waals surface area contributed by atoms with E-state index in [1.165, 1.54) is 0 Å². The molecule has 15 heavy (non-hydrogen) atoms. The number of nitrogens with two attached hydrogens (primary N) is 1. The number of methoxy groups -OCH3 is 1. The molecule has 0 saturated heterocycles. The van der Waals surface area contributed by atoms with Crippen molar-refractivity contribution in [2.45, 2.75) is 6.04 Å². The molecule has 1 aromatic carbocycles. The summed E-state index contributed by atoms with van der Waals surface area (Å²) in [5, 5.41) is 12.2. The zero-order valence-electron chi connectivity index (χ0n) is 8.53. The Labute approximate surface area is 97.6 Å². The molecule has 0 radical (unpaired) electrons. The van der Waals surface area contributed by atoms with Crippen LogP contribution in [0, 0.1) is 0 Å². The molecule has 84 valence electrons. The standard InChI is InChI=1S/C10H15BrN2O2/c1-15-6-8(5-14)13-10-3-2-7(11)4-9(10)12/h2-4,8,13-14H,5-6,12H2,1H3. The number of aliphatic hydroxyl groups is 1. The molecule has 0 spiro atoms. The van der Waals surface area contributed by atoms with Gasteiger partial charge in [0.05, 0.1) is 30.6 Å². The Balaban J connectivity index is 2.70. The highest BCUT2D eigenvalue weighted by Gasteiger charge is 2.08. The van der Waals surface area contributed by atoms with Gasteiger partial charge in [0.15, 0.2) is 0 Å². The fourth-order valence-corrected chi connectivity index (χ4v) is 1.60. The lowest BCUT2D eigenvalue weighted by Gasteiger charge is -2.18. The highest BCUT2D eigenvalue weighted by molar-refractivity contribution is 9.10. The van der Waals surface area contributed by atoms with E-state index in [4.69, 9.17) is 15.6 Å². The number of nitrogen functional groups attached to an aromatic ring is 1. The first-order valence-corrected chi connectivity index (χ1v) is 5.38. The summed E-state index contributed by atoms with van der Waals surface area (Å²) in [5.74, 6) is 0. The number of hydrogen-bond acceptors (Lipinski definition) is 4. The van der Waals surface area contributed by atoms with Gasteiger partial charge in [-0.25, -0.2) is 0 Å². The van der Waals surface area contributed by atoms with Crippen molar-refractivity contribution in [3.8, 4) is 0 Å². The molecule has 0 amide bonds. The van der Waals surface area contributed by atoms with Gasteiger partial charge in [-0.3, -0.25) is 0 Å². The first-order chi connectivity index (χ1) is 7.17. The van der Waals surface area contributed by atoms with Crippen LogP contribution in [0.3, 0.4) is 0 Å². The number of nitrogens with one attached hydrogen (secondary N) is 1. The molecular weight excluding hydrogens is 260 g/mol. The Morgan fingerprint density at radius 1 is 1.60 bits per heavy atom. The van der Waals surface area contributed by atoms with E-state index in [0.717, 1.165) is 10.2 Å². The van der Waals surface area contributed by atoms with Gasteiger partial charge >= 0.3 is 0 Å². The summed E-state index contributed by atoms with van der Waals surface area (Å²) in [6.45, 7) is 0.440. The molecule has 1 atom stereocenters. The zero-order valence-corrected chi connectivity index (χ0v) is 10.1. The van der Waals surface area contributed by atoms with Gasteiger partial charge in [-0.05, 0) is 18.2 Å². The molecule has 1 aromatic rings. The summed E-state index contributed by atoms with van der Waals surface area (Å²) in [5.41, 5.74) is 7.24. The lowest BCUT2D eigenvalue weighted by Crippen LogP contribution is -2.29. The van der Waals surface area contributed by atoms with Crippen LogP contribution in [0.1, 0.15) is 0 Å². The molecule has 0 aromatic heterocycles. The van der Waals surface area contributed by atoms with Crippen LogP contribution in [0.15, 0.2) is 22.7 Å².